The van der Waals surface area contributed by atoms with E-state index in [1.54, 1.807) is 6.07 Å². The second kappa shape index (κ2) is 5.62. The molecule has 0 heterocycles. The van der Waals surface area contributed by atoms with Crippen molar-refractivity contribution in [2.45, 2.75) is 25.8 Å². The predicted octanol–water partition coefficient (Wildman–Crippen LogP) is 2.78. The minimum Gasteiger partial charge on any atom is -0.380 e. The fourth-order valence-corrected chi connectivity index (χ4v) is 1.68. The first-order chi connectivity index (χ1) is 7.44. The molecule has 0 aliphatic heterocycles. The van der Waals surface area contributed by atoms with Crippen molar-refractivity contribution in [2.75, 3.05) is 13.2 Å². The fourth-order valence-electron chi connectivity index (χ4n) is 1.50. The van der Waals surface area contributed by atoms with Crippen molar-refractivity contribution >= 4 is 11.6 Å². The highest BCUT2D eigenvalue weighted by molar-refractivity contribution is 6.31. The van der Waals surface area contributed by atoms with E-state index in [0.717, 1.165) is 0 Å². The molecule has 4 heteroatoms. The number of rotatable bonds is 5. The Hall–Kier alpha value is -0.640. The minimum atomic E-state index is -0.534. The molecule has 16 heavy (non-hydrogen) atoms. The quantitative estimate of drug-likeness (QED) is 0.866. The van der Waals surface area contributed by atoms with Crippen LogP contribution in [0.3, 0.4) is 0 Å². The first-order valence-electron chi connectivity index (χ1n) is 5.25. The molecular formula is C12H17ClFNO. The number of hydrogen-bond acceptors (Lipinski definition) is 2. The number of ether oxygens (including phenoxy) is 1. The lowest BCUT2D eigenvalue weighted by atomic mass is 9.95. The Balaban J connectivity index is 2.74. The van der Waals surface area contributed by atoms with Gasteiger partial charge in [-0.3, -0.25) is 0 Å². The van der Waals surface area contributed by atoms with Gasteiger partial charge in [0.25, 0.3) is 0 Å². The van der Waals surface area contributed by atoms with Crippen LogP contribution < -0.4 is 5.73 Å². The van der Waals surface area contributed by atoms with E-state index in [4.69, 9.17) is 22.1 Å². The largest absolute Gasteiger partial charge is 0.380 e. The lowest BCUT2D eigenvalue weighted by Crippen LogP contribution is -2.43. The maximum atomic E-state index is 13.0. The van der Waals surface area contributed by atoms with Crippen LogP contribution in [0, 0.1) is 5.82 Å². The molecule has 1 rings (SSSR count). The van der Waals surface area contributed by atoms with Crippen LogP contribution in [0.4, 0.5) is 4.39 Å². The maximum absolute atomic E-state index is 13.0. The van der Waals surface area contributed by atoms with E-state index in [0.29, 0.717) is 30.2 Å². The van der Waals surface area contributed by atoms with Crippen LogP contribution in [-0.2, 0) is 11.2 Å². The first-order valence-corrected chi connectivity index (χ1v) is 5.63. The van der Waals surface area contributed by atoms with Crippen LogP contribution in [0.15, 0.2) is 18.2 Å². The summed E-state index contributed by atoms with van der Waals surface area (Å²) in [5, 5.41) is 0.537. The molecule has 0 aliphatic carbocycles. The molecule has 0 amide bonds. The maximum Gasteiger partial charge on any atom is 0.123 e. The zero-order chi connectivity index (χ0) is 12.2. The van der Waals surface area contributed by atoms with Gasteiger partial charge in [-0.25, -0.2) is 4.39 Å². The Labute approximate surface area is 101 Å². The summed E-state index contributed by atoms with van der Waals surface area (Å²) in [7, 11) is 0. The Morgan fingerprint density at radius 2 is 2.19 bits per heavy atom. The molecular weight excluding hydrogens is 229 g/mol. The van der Waals surface area contributed by atoms with Gasteiger partial charge < -0.3 is 10.5 Å². The Morgan fingerprint density at radius 1 is 1.50 bits per heavy atom. The molecule has 0 fully saturated rings. The second-order valence-electron chi connectivity index (χ2n) is 4.20. The summed E-state index contributed by atoms with van der Waals surface area (Å²) in [6.07, 6.45) is 0.490. The van der Waals surface area contributed by atoms with E-state index in [1.807, 2.05) is 13.8 Å². The summed E-state index contributed by atoms with van der Waals surface area (Å²) in [5.41, 5.74) is 6.23. The summed E-state index contributed by atoms with van der Waals surface area (Å²) in [6.45, 7) is 4.81. The van der Waals surface area contributed by atoms with Crippen molar-refractivity contribution in [3.05, 3.63) is 34.6 Å². The van der Waals surface area contributed by atoms with Gasteiger partial charge in [0.15, 0.2) is 0 Å². The highest BCUT2D eigenvalue weighted by Crippen LogP contribution is 2.21. The van der Waals surface area contributed by atoms with E-state index < -0.39 is 5.54 Å². The predicted molar refractivity (Wildman–Crippen MR) is 64.2 cm³/mol. The molecule has 1 aromatic rings. The van der Waals surface area contributed by atoms with E-state index in [-0.39, 0.29) is 5.82 Å². The van der Waals surface area contributed by atoms with Gasteiger partial charge in [0, 0.05) is 17.2 Å². The SMILES string of the molecule is CCOCC(C)(N)Cc1cc(F)ccc1Cl. The molecule has 0 radical (unpaired) electrons. The zero-order valence-corrected chi connectivity index (χ0v) is 10.4. The van der Waals surface area contributed by atoms with E-state index in [2.05, 4.69) is 0 Å². The number of nitrogens with two attached hydrogens (primary N) is 1. The summed E-state index contributed by atoms with van der Waals surface area (Å²) in [6, 6.07) is 4.30. The molecule has 1 aromatic carbocycles. The van der Waals surface area contributed by atoms with E-state index in [1.165, 1.54) is 12.1 Å². The molecule has 90 valence electrons. The van der Waals surface area contributed by atoms with Crippen LogP contribution in [0.1, 0.15) is 19.4 Å². The van der Waals surface area contributed by atoms with Gasteiger partial charge in [-0.05, 0) is 44.0 Å². The molecule has 1 unspecified atom stereocenters. The van der Waals surface area contributed by atoms with E-state index in [9.17, 15) is 4.39 Å². The van der Waals surface area contributed by atoms with Crippen molar-refractivity contribution < 1.29 is 9.13 Å². The van der Waals surface area contributed by atoms with Crippen LogP contribution in [0.2, 0.25) is 5.02 Å². The fraction of sp³-hybridized carbons (Fsp3) is 0.500. The molecule has 2 nitrogen and oxygen atoms in total. The van der Waals surface area contributed by atoms with Crippen molar-refractivity contribution in [1.29, 1.82) is 0 Å². The van der Waals surface area contributed by atoms with Crippen LogP contribution >= 0.6 is 11.6 Å². The van der Waals surface area contributed by atoms with Crippen molar-refractivity contribution in [3.63, 3.8) is 0 Å². The zero-order valence-electron chi connectivity index (χ0n) is 9.59. The standard InChI is InChI=1S/C12H17ClFNO/c1-3-16-8-12(2,15)7-9-6-10(14)4-5-11(9)13/h4-6H,3,7-8,15H2,1-2H3. The Bertz CT molecular complexity index is 355. The highest BCUT2D eigenvalue weighted by Gasteiger charge is 2.20. The lowest BCUT2D eigenvalue weighted by molar-refractivity contribution is 0.101. The smallest absolute Gasteiger partial charge is 0.123 e. The highest BCUT2D eigenvalue weighted by atomic mass is 35.5. The third-order valence-corrected chi connectivity index (χ3v) is 2.61. The molecule has 0 spiro atoms. The van der Waals surface area contributed by atoms with Crippen LogP contribution in [0.25, 0.3) is 0 Å². The van der Waals surface area contributed by atoms with Crippen molar-refractivity contribution in [2.24, 2.45) is 5.73 Å². The number of hydrogen-bond donors (Lipinski definition) is 1. The summed E-state index contributed by atoms with van der Waals surface area (Å²) in [5.74, 6) is -0.299. The summed E-state index contributed by atoms with van der Waals surface area (Å²) in [4.78, 5) is 0. The van der Waals surface area contributed by atoms with Crippen LogP contribution in [0.5, 0.6) is 0 Å². The molecule has 2 N–H and O–H groups in total. The van der Waals surface area contributed by atoms with E-state index >= 15 is 0 Å². The number of halogens is 2. The van der Waals surface area contributed by atoms with Crippen molar-refractivity contribution in [1.82, 2.24) is 0 Å². The summed E-state index contributed by atoms with van der Waals surface area (Å²) >= 11 is 5.97. The third-order valence-electron chi connectivity index (χ3n) is 2.24. The molecule has 0 aliphatic rings. The van der Waals surface area contributed by atoms with Gasteiger partial charge in [-0.2, -0.15) is 0 Å². The number of benzene rings is 1. The molecule has 0 bridgehead atoms. The van der Waals surface area contributed by atoms with Gasteiger partial charge in [-0.15, -0.1) is 0 Å². The molecule has 0 aromatic heterocycles. The first kappa shape index (κ1) is 13.4. The monoisotopic (exact) mass is 245 g/mol. The lowest BCUT2D eigenvalue weighted by Gasteiger charge is -2.24. The van der Waals surface area contributed by atoms with Gasteiger partial charge in [0.2, 0.25) is 0 Å². The Morgan fingerprint density at radius 3 is 2.81 bits per heavy atom. The van der Waals surface area contributed by atoms with Gasteiger partial charge >= 0.3 is 0 Å². The topological polar surface area (TPSA) is 35.2 Å². The minimum absolute atomic E-state index is 0.299. The molecule has 0 saturated heterocycles. The molecule has 0 saturated carbocycles. The Kier molecular flexibility index (Phi) is 4.71. The second-order valence-corrected chi connectivity index (χ2v) is 4.61. The van der Waals surface area contributed by atoms with Crippen molar-refractivity contribution in [3.8, 4) is 0 Å². The average molecular weight is 246 g/mol. The van der Waals surface area contributed by atoms with Gasteiger partial charge in [0.1, 0.15) is 5.82 Å². The molecule has 1 atom stereocenters. The van der Waals surface area contributed by atoms with Gasteiger partial charge in [-0.1, -0.05) is 11.6 Å². The van der Waals surface area contributed by atoms with Crippen LogP contribution in [-0.4, -0.2) is 18.8 Å². The van der Waals surface area contributed by atoms with Gasteiger partial charge in [0.05, 0.1) is 6.61 Å². The average Bonchev–Trinajstić information content (AvgIpc) is 2.20. The summed E-state index contributed by atoms with van der Waals surface area (Å²) < 4.78 is 18.3. The normalized spacial score (nSPS) is 14.8. The third kappa shape index (κ3) is 4.08.